The fraction of sp³-hybridized carbons (Fsp3) is 0.476. The number of aromatic nitrogens is 1. The van der Waals surface area contributed by atoms with E-state index in [2.05, 4.69) is 16.0 Å². The van der Waals surface area contributed by atoms with E-state index < -0.39 is 0 Å². The number of rotatable bonds is 7. The van der Waals surface area contributed by atoms with E-state index in [1.807, 2.05) is 12.3 Å². The van der Waals surface area contributed by atoms with E-state index in [-0.39, 0.29) is 5.82 Å². The summed E-state index contributed by atoms with van der Waals surface area (Å²) in [5.41, 5.74) is 7.53. The van der Waals surface area contributed by atoms with Crippen molar-refractivity contribution >= 4 is 11.6 Å². The molecule has 2 N–H and O–H groups in total. The highest BCUT2D eigenvalue weighted by atomic mass is 35.5. The molecule has 1 aliphatic rings. The largest absolute Gasteiger partial charge is 0.330 e. The normalized spacial score (nSPS) is 20.5. The van der Waals surface area contributed by atoms with Crippen molar-refractivity contribution in [1.29, 1.82) is 0 Å². The van der Waals surface area contributed by atoms with Crippen LogP contribution in [-0.2, 0) is 13.1 Å². The zero-order valence-electron chi connectivity index (χ0n) is 15.1. The lowest BCUT2D eigenvalue weighted by atomic mass is 9.82. The van der Waals surface area contributed by atoms with Gasteiger partial charge in [0.05, 0.1) is 0 Å². The van der Waals surface area contributed by atoms with Gasteiger partial charge < -0.3 is 5.73 Å². The zero-order valence-corrected chi connectivity index (χ0v) is 15.8. The molecule has 1 aromatic heterocycles. The highest BCUT2D eigenvalue weighted by molar-refractivity contribution is 6.31. The number of halogens is 2. The molecule has 3 nitrogen and oxygen atoms in total. The summed E-state index contributed by atoms with van der Waals surface area (Å²) in [7, 11) is 0. The highest BCUT2D eigenvalue weighted by Crippen LogP contribution is 2.30. The van der Waals surface area contributed by atoms with Gasteiger partial charge in [-0.1, -0.05) is 23.7 Å². The van der Waals surface area contributed by atoms with Gasteiger partial charge >= 0.3 is 0 Å². The Hall–Kier alpha value is -1.49. The molecule has 26 heavy (non-hydrogen) atoms. The van der Waals surface area contributed by atoms with Crippen LogP contribution in [0.5, 0.6) is 0 Å². The van der Waals surface area contributed by atoms with Crippen LogP contribution in [-0.4, -0.2) is 23.0 Å². The Labute approximate surface area is 160 Å². The van der Waals surface area contributed by atoms with E-state index in [9.17, 15) is 4.39 Å². The molecule has 1 saturated carbocycles. The van der Waals surface area contributed by atoms with Crippen molar-refractivity contribution in [3.05, 3.63) is 64.7 Å². The second-order valence-corrected chi connectivity index (χ2v) is 7.76. The van der Waals surface area contributed by atoms with Crippen LogP contribution in [0.2, 0.25) is 5.02 Å². The van der Waals surface area contributed by atoms with E-state index in [0.717, 1.165) is 25.2 Å². The van der Waals surface area contributed by atoms with Crippen LogP contribution in [0.25, 0.3) is 0 Å². The Kier molecular flexibility index (Phi) is 7.00. The molecule has 140 valence electrons. The summed E-state index contributed by atoms with van der Waals surface area (Å²) < 4.78 is 14.3. The van der Waals surface area contributed by atoms with Gasteiger partial charge in [0.1, 0.15) is 5.82 Å². The molecule has 3 rings (SSSR count). The van der Waals surface area contributed by atoms with E-state index in [1.165, 1.54) is 31.7 Å². The zero-order chi connectivity index (χ0) is 18.4. The van der Waals surface area contributed by atoms with Gasteiger partial charge in [-0.3, -0.25) is 9.88 Å². The van der Waals surface area contributed by atoms with Gasteiger partial charge in [-0.05, 0) is 67.8 Å². The molecule has 0 saturated heterocycles. The van der Waals surface area contributed by atoms with E-state index in [0.29, 0.717) is 29.0 Å². The second kappa shape index (κ2) is 9.45. The Bertz CT molecular complexity index is 667. The average molecular weight is 376 g/mol. The number of pyridine rings is 1. The summed E-state index contributed by atoms with van der Waals surface area (Å²) in [5.74, 6) is 1.06. The van der Waals surface area contributed by atoms with Crippen molar-refractivity contribution in [1.82, 2.24) is 9.88 Å². The summed E-state index contributed by atoms with van der Waals surface area (Å²) in [4.78, 5) is 6.51. The smallest absolute Gasteiger partial charge is 0.129 e. The summed E-state index contributed by atoms with van der Waals surface area (Å²) >= 11 is 6.26. The molecule has 1 heterocycles. The predicted molar refractivity (Wildman–Crippen MR) is 104 cm³/mol. The van der Waals surface area contributed by atoms with Crippen molar-refractivity contribution in [2.45, 2.75) is 38.8 Å². The summed E-state index contributed by atoms with van der Waals surface area (Å²) in [5, 5.41) is 0.494. The lowest BCUT2D eigenvalue weighted by molar-refractivity contribution is 0.168. The molecule has 1 aromatic carbocycles. The van der Waals surface area contributed by atoms with Gasteiger partial charge in [-0.25, -0.2) is 4.39 Å². The first-order chi connectivity index (χ1) is 12.7. The molecule has 0 spiro atoms. The van der Waals surface area contributed by atoms with E-state index in [1.54, 1.807) is 18.3 Å². The topological polar surface area (TPSA) is 42.1 Å². The molecule has 0 unspecified atom stereocenters. The van der Waals surface area contributed by atoms with Crippen LogP contribution in [0, 0.1) is 17.7 Å². The van der Waals surface area contributed by atoms with E-state index in [4.69, 9.17) is 17.3 Å². The molecular formula is C21H27ClFN3. The lowest BCUT2D eigenvalue weighted by Gasteiger charge is -2.32. The third-order valence-electron chi connectivity index (χ3n) is 5.39. The monoisotopic (exact) mass is 375 g/mol. The van der Waals surface area contributed by atoms with Gasteiger partial charge in [0.25, 0.3) is 0 Å². The number of benzene rings is 1. The number of hydrogen-bond donors (Lipinski definition) is 1. The average Bonchev–Trinajstić information content (AvgIpc) is 2.66. The van der Waals surface area contributed by atoms with Gasteiger partial charge in [0.2, 0.25) is 0 Å². The highest BCUT2D eigenvalue weighted by Gasteiger charge is 2.23. The van der Waals surface area contributed by atoms with Crippen LogP contribution in [0.3, 0.4) is 0 Å². The van der Waals surface area contributed by atoms with Crippen LogP contribution >= 0.6 is 11.6 Å². The Morgan fingerprint density at radius 3 is 2.50 bits per heavy atom. The molecule has 0 amide bonds. The van der Waals surface area contributed by atoms with Crippen molar-refractivity contribution in [3.63, 3.8) is 0 Å². The van der Waals surface area contributed by atoms with Crippen LogP contribution in [0.1, 0.15) is 36.8 Å². The number of hydrogen-bond acceptors (Lipinski definition) is 3. The fourth-order valence-corrected chi connectivity index (χ4v) is 4.08. The first kappa shape index (κ1) is 19.3. The molecule has 1 fully saturated rings. The van der Waals surface area contributed by atoms with Gasteiger partial charge in [-0.2, -0.15) is 0 Å². The maximum Gasteiger partial charge on any atom is 0.129 e. The summed E-state index contributed by atoms with van der Waals surface area (Å²) in [6, 6.07) is 8.90. The quantitative estimate of drug-likeness (QED) is 0.766. The molecule has 1 aliphatic carbocycles. The maximum atomic E-state index is 14.3. The van der Waals surface area contributed by atoms with Gasteiger partial charge in [0, 0.05) is 42.6 Å². The van der Waals surface area contributed by atoms with Crippen molar-refractivity contribution in [2.75, 3.05) is 13.1 Å². The van der Waals surface area contributed by atoms with E-state index >= 15 is 0 Å². The van der Waals surface area contributed by atoms with Crippen molar-refractivity contribution in [2.24, 2.45) is 17.6 Å². The molecule has 0 radical (unpaired) electrons. The lowest BCUT2D eigenvalue weighted by Crippen LogP contribution is -2.32. The third-order valence-corrected chi connectivity index (χ3v) is 5.74. The molecule has 0 atom stereocenters. The van der Waals surface area contributed by atoms with Gasteiger partial charge in [-0.15, -0.1) is 0 Å². The minimum atomic E-state index is -0.236. The van der Waals surface area contributed by atoms with Gasteiger partial charge in [0.15, 0.2) is 0 Å². The van der Waals surface area contributed by atoms with Crippen LogP contribution < -0.4 is 5.73 Å². The predicted octanol–water partition coefficient (Wildman–Crippen LogP) is 4.64. The minimum absolute atomic E-state index is 0.236. The fourth-order valence-electron chi connectivity index (χ4n) is 3.86. The number of nitrogens with two attached hydrogens (primary N) is 1. The Morgan fingerprint density at radius 1 is 1.08 bits per heavy atom. The van der Waals surface area contributed by atoms with Crippen LogP contribution in [0.4, 0.5) is 4.39 Å². The molecule has 0 aliphatic heterocycles. The van der Waals surface area contributed by atoms with Crippen molar-refractivity contribution in [3.8, 4) is 0 Å². The van der Waals surface area contributed by atoms with Crippen molar-refractivity contribution < 1.29 is 4.39 Å². The maximum absolute atomic E-state index is 14.3. The molecule has 2 aromatic rings. The summed E-state index contributed by atoms with van der Waals surface area (Å²) in [6.07, 6.45) is 8.43. The second-order valence-electron chi connectivity index (χ2n) is 7.35. The minimum Gasteiger partial charge on any atom is -0.330 e. The number of nitrogens with zero attached hydrogens (tertiary/aromatic N) is 2. The van der Waals surface area contributed by atoms with Crippen LogP contribution in [0.15, 0.2) is 42.7 Å². The molecule has 5 heteroatoms. The SMILES string of the molecule is NCC1CCC(CN(Cc2cccnc2)Cc2c(F)cccc2Cl)CC1. The molecular weight excluding hydrogens is 349 g/mol. The third kappa shape index (κ3) is 5.26. The Morgan fingerprint density at radius 2 is 1.85 bits per heavy atom. The first-order valence-corrected chi connectivity index (χ1v) is 9.77. The Balaban J connectivity index is 1.71. The first-order valence-electron chi connectivity index (χ1n) is 9.40. The standard InChI is InChI=1S/C21H27ClFN3/c22-20-4-1-5-21(23)19(20)15-26(14-18-3-2-10-25-12-18)13-17-8-6-16(11-24)7-9-17/h1-5,10,12,16-17H,6-9,11,13-15,24H2. The summed E-state index contributed by atoms with van der Waals surface area (Å²) in [6.45, 7) is 2.99. The molecule has 0 bridgehead atoms.